The van der Waals surface area contributed by atoms with E-state index in [9.17, 15) is 4.79 Å². The van der Waals surface area contributed by atoms with Gasteiger partial charge >= 0.3 is 5.69 Å². The normalized spacial score (nSPS) is 10.8. The molecule has 0 radical (unpaired) electrons. The molecule has 0 aromatic carbocycles. The summed E-state index contributed by atoms with van der Waals surface area (Å²) < 4.78 is 1.20. The van der Waals surface area contributed by atoms with Crippen molar-refractivity contribution in [3.63, 3.8) is 0 Å². The first-order valence-corrected chi connectivity index (χ1v) is 4.99. The number of nitrogens with one attached hydrogen (secondary N) is 3. The van der Waals surface area contributed by atoms with Crippen LogP contribution in [0.2, 0.25) is 0 Å². The van der Waals surface area contributed by atoms with Gasteiger partial charge in [0.2, 0.25) is 0 Å². The Morgan fingerprint density at radius 2 is 2.35 bits per heavy atom. The van der Waals surface area contributed by atoms with E-state index in [4.69, 9.17) is 0 Å². The van der Waals surface area contributed by atoms with Gasteiger partial charge in [0.05, 0.1) is 6.54 Å². The number of fused-ring (bicyclic) bond motifs is 1. The van der Waals surface area contributed by atoms with Crippen LogP contribution < -0.4 is 11.0 Å². The number of nitrogens with zero attached hydrogens (tertiary/aromatic N) is 4. The highest BCUT2D eigenvalue weighted by Crippen LogP contribution is 2.03. The van der Waals surface area contributed by atoms with Crippen molar-refractivity contribution in [2.24, 2.45) is 0 Å². The molecule has 8 heteroatoms. The van der Waals surface area contributed by atoms with E-state index in [0.29, 0.717) is 18.0 Å². The predicted molar refractivity (Wildman–Crippen MR) is 59.5 cm³/mol. The minimum atomic E-state index is -0.360. The topological polar surface area (TPSA) is 104 Å². The second-order valence-electron chi connectivity index (χ2n) is 3.41. The van der Waals surface area contributed by atoms with Crippen molar-refractivity contribution in [3.8, 4) is 0 Å². The highest BCUT2D eigenvalue weighted by molar-refractivity contribution is 5.42. The number of imidazole rings is 1. The summed E-state index contributed by atoms with van der Waals surface area (Å²) in [6.45, 7) is 0.512. The molecule has 3 rings (SSSR count). The number of rotatable bonds is 3. The molecular weight excluding hydrogens is 222 g/mol. The van der Waals surface area contributed by atoms with Gasteiger partial charge in [-0.05, 0) is 12.1 Å². The van der Waals surface area contributed by atoms with E-state index in [1.165, 1.54) is 4.52 Å². The molecule has 0 atom stereocenters. The fourth-order valence-corrected chi connectivity index (χ4v) is 1.47. The molecule has 0 fully saturated rings. The van der Waals surface area contributed by atoms with Crippen LogP contribution in [0.5, 0.6) is 0 Å². The van der Waals surface area contributed by atoms with Crippen molar-refractivity contribution < 1.29 is 0 Å². The molecule has 0 aliphatic heterocycles. The molecule has 0 spiro atoms. The lowest BCUT2D eigenvalue weighted by Crippen LogP contribution is -2.14. The molecule has 0 bridgehead atoms. The van der Waals surface area contributed by atoms with Crippen LogP contribution in [-0.4, -0.2) is 29.8 Å². The highest BCUT2D eigenvalue weighted by Gasteiger charge is 2.02. The third-order valence-electron chi connectivity index (χ3n) is 2.27. The van der Waals surface area contributed by atoms with E-state index in [1.54, 1.807) is 24.5 Å². The second-order valence-corrected chi connectivity index (χ2v) is 3.41. The molecule has 0 saturated heterocycles. The average Bonchev–Trinajstić information content (AvgIpc) is 2.97. The maximum atomic E-state index is 11.3. The van der Waals surface area contributed by atoms with Crippen molar-refractivity contribution in [3.05, 3.63) is 40.8 Å². The van der Waals surface area contributed by atoms with Crippen LogP contribution in [-0.2, 0) is 6.54 Å². The third-order valence-corrected chi connectivity index (χ3v) is 2.27. The van der Waals surface area contributed by atoms with Crippen molar-refractivity contribution >= 4 is 11.5 Å². The minimum Gasteiger partial charge on any atom is -0.361 e. The number of hydrogen-bond acceptors (Lipinski definition) is 5. The highest BCUT2D eigenvalue weighted by atomic mass is 16.2. The Kier molecular flexibility index (Phi) is 2.11. The Bertz CT molecular complexity index is 681. The van der Waals surface area contributed by atoms with Crippen LogP contribution in [0.25, 0.3) is 5.65 Å². The average molecular weight is 231 g/mol. The van der Waals surface area contributed by atoms with Crippen molar-refractivity contribution in [1.82, 2.24) is 29.8 Å². The van der Waals surface area contributed by atoms with Gasteiger partial charge in [-0.1, -0.05) is 0 Å². The first-order chi connectivity index (χ1) is 8.33. The van der Waals surface area contributed by atoms with Crippen LogP contribution in [0.15, 0.2) is 29.3 Å². The largest absolute Gasteiger partial charge is 0.364 e. The lowest BCUT2D eigenvalue weighted by atomic mass is 10.5. The number of aromatic amines is 2. The zero-order valence-corrected chi connectivity index (χ0v) is 8.71. The zero-order chi connectivity index (χ0) is 11.7. The first kappa shape index (κ1) is 9.58. The number of aromatic nitrogens is 6. The quantitative estimate of drug-likeness (QED) is 0.576. The van der Waals surface area contributed by atoms with Gasteiger partial charge < -0.3 is 10.3 Å². The summed E-state index contributed by atoms with van der Waals surface area (Å²) in [6, 6.07) is 3.45. The zero-order valence-electron chi connectivity index (χ0n) is 8.71. The van der Waals surface area contributed by atoms with Crippen LogP contribution >= 0.6 is 0 Å². The lowest BCUT2D eigenvalue weighted by molar-refractivity contribution is 0.869. The fraction of sp³-hybridized carbons (Fsp3) is 0.111. The molecule has 17 heavy (non-hydrogen) atoms. The molecule has 0 saturated carbocycles. The molecule has 0 aliphatic rings. The Labute approximate surface area is 94.7 Å². The summed E-state index contributed by atoms with van der Waals surface area (Å²) in [5, 5.41) is 13.2. The van der Waals surface area contributed by atoms with E-state index >= 15 is 0 Å². The molecule has 86 valence electrons. The maximum absolute atomic E-state index is 11.3. The smallest absolute Gasteiger partial charge is 0.361 e. The van der Waals surface area contributed by atoms with Gasteiger partial charge in [0.15, 0.2) is 5.65 Å². The van der Waals surface area contributed by atoms with Gasteiger partial charge in [-0.25, -0.2) is 14.9 Å². The van der Waals surface area contributed by atoms with Crippen molar-refractivity contribution in [2.45, 2.75) is 6.54 Å². The Morgan fingerprint density at radius 3 is 3.18 bits per heavy atom. The van der Waals surface area contributed by atoms with E-state index in [0.717, 1.165) is 5.82 Å². The SMILES string of the molecule is O=c1[nH]nc2ccc(NCc3ncc[nH]3)nn12. The first-order valence-electron chi connectivity index (χ1n) is 4.99. The summed E-state index contributed by atoms with van der Waals surface area (Å²) in [5.41, 5.74) is 0.125. The van der Waals surface area contributed by atoms with Gasteiger partial charge in [-0.3, -0.25) is 0 Å². The summed E-state index contributed by atoms with van der Waals surface area (Å²) in [5.74, 6) is 1.38. The van der Waals surface area contributed by atoms with Crippen molar-refractivity contribution in [1.29, 1.82) is 0 Å². The van der Waals surface area contributed by atoms with Crippen molar-refractivity contribution in [2.75, 3.05) is 5.32 Å². The monoisotopic (exact) mass is 231 g/mol. The van der Waals surface area contributed by atoms with Gasteiger partial charge in [-0.15, -0.1) is 5.10 Å². The molecule has 3 N–H and O–H groups in total. The van der Waals surface area contributed by atoms with Gasteiger partial charge in [0.25, 0.3) is 0 Å². The van der Waals surface area contributed by atoms with Gasteiger partial charge in [0.1, 0.15) is 11.6 Å². The van der Waals surface area contributed by atoms with Crippen LogP contribution in [0.1, 0.15) is 5.82 Å². The van der Waals surface area contributed by atoms with E-state index in [1.807, 2.05) is 0 Å². The molecule has 8 nitrogen and oxygen atoms in total. The predicted octanol–water partition coefficient (Wildman–Crippen LogP) is -0.247. The molecule has 0 unspecified atom stereocenters. The van der Waals surface area contributed by atoms with E-state index in [-0.39, 0.29) is 5.69 Å². The number of hydrogen-bond donors (Lipinski definition) is 3. The fourth-order valence-electron chi connectivity index (χ4n) is 1.47. The Balaban J connectivity index is 1.85. The molecule has 0 amide bonds. The maximum Gasteiger partial charge on any atom is 0.364 e. The van der Waals surface area contributed by atoms with Crippen LogP contribution in [0.3, 0.4) is 0 Å². The molecular formula is C9H9N7O. The number of anilines is 1. The Hall–Kier alpha value is -2.64. The van der Waals surface area contributed by atoms with Gasteiger partial charge in [-0.2, -0.15) is 9.61 Å². The molecule has 3 aromatic heterocycles. The number of H-pyrrole nitrogens is 2. The second kappa shape index (κ2) is 3.74. The Morgan fingerprint density at radius 1 is 1.41 bits per heavy atom. The van der Waals surface area contributed by atoms with Crippen LogP contribution in [0.4, 0.5) is 5.82 Å². The lowest BCUT2D eigenvalue weighted by Gasteiger charge is -2.02. The molecule has 3 aromatic rings. The van der Waals surface area contributed by atoms with Gasteiger partial charge in [0, 0.05) is 12.4 Å². The van der Waals surface area contributed by atoms with E-state index in [2.05, 4.69) is 30.6 Å². The molecule has 3 heterocycles. The summed E-state index contributed by atoms with van der Waals surface area (Å²) in [4.78, 5) is 18.3. The minimum absolute atomic E-state index is 0.360. The third kappa shape index (κ3) is 1.75. The van der Waals surface area contributed by atoms with E-state index < -0.39 is 0 Å². The molecule has 0 aliphatic carbocycles. The van der Waals surface area contributed by atoms with Crippen LogP contribution in [0, 0.1) is 0 Å². The summed E-state index contributed by atoms with van der Waals surface area (Å²) >= 11 is 0. The summed E-state index contributed by atoms with van der Waals surface area (Å²) in [7, 11) is 0. The summed E-state index contributed by atoms with van der Waals surface area (Å²) in [6.07, 6.45) is 3.42. The standard InChI is InChI=1S/C9H9N7O/c17-9-14-13-8-2-1-6(15-16(8)9)12-5-7-10-3-4-11-7/h1-4H,5H2,(H,10,11)(H,12,15)(H,14,17).